The minimum atomic E-state index is -1.24. The van der Waals surface area contributed by atoms with Gasteiger partial charge in [0.1, 0.15) is 23.9 Å². The Morgan fingerprint density at radius 2 is 1.37 bits per heavy atom. The molecule has 0 heterocycles. The number of hydrogen-bond acceptors (Lipinski definition) is 8. The van der Waals surface area contributed by atoms with E-state index in [9.17, 15) is 29.4 Å². The van der Waals surface area contributed by atoms with Crippen LogP contribution in [0.1, 0.15) is 30.4 Å². The molecule has 234 valence electrons. The fourth-order valence-corrected chi connectivity index (χ4v) is 4.60. The lowest BCUT2D eigenvalue weighted by Gasteiger charge is -2.25. The van der Waals surface area contributed by atoms with Gasteiger partial charge in [-0.05, 0) is 61.0 Å². The summed E-state index contributed by atoms with van der Waals surface area (Å²) in [4.78, 5) is 55.5. The van der Waals surface area contributed by atoms with Crippen molar-refractivity contribution in [3.63, 3.8) is 0 Å². The van der Waals surface area contributed by atoms with Gasteiger partial charge in [-0.25, -0.2) is 4.79 Å². The van der Waals surface area contributed by atoms with Crippen molar-refractivity contribution in [1.82, 2.24) is 16.0 Å². The third kappa shape index (κ3) is 13.0. The van der Waals surface area contributed by atoms with E-state index < -0.39 is 47.9 Å². The molecule has 0 aromatic heterocycles. The lowest BCUT2D eigenvalue weighted by Crippen LogP contribution is -2.57. The Morgan fingerprint density at radius 1 is 0.814 bits per heavy atom. The molecule has 0 aliphatic rings. The normalized spacial score (nSPS) is 13.5. The SMILES string of the molecule is CSCC[C@H](NC(=O)[C@H](N)Cc1ccc(O)cc1)C(=O)N[C@H](CCCN=C(N)N)C(=O)N[C@H](Cc1ccccc1)C(=O)O. The maximum Gasteiger partial charge on any atom is 0.326 e. The Labute approximate surface area is 255 Å². The molecular weight excluding hydrogens is 574 g/mol. The highest BCUT2D eigenvalue weighted by Crippen LogP contribution is 2.12. The molecule has 4 atom stereocenters. The number of aliphatic imine (C=N–C) groups is 1. The minimum Gasteiger partial charge on any atom is -0.508 e. The zero-order chi connectivity index (χ0) is 31.8. The number of carbonyl (C=O) groups excluding carboxylic acids is 3. The zero-order valence-corrected chi connectivity index (χ0v) is 24.9. The molecule has 2 aromatic rings. The van der Waals surface area contributed by atoms with Crippen LogP contribution in [-0.4, -0.2) is 82.6 Å². The average molecular weight is 616 g/mol. The van der Waals surface area contributed by atoms with E-state index in [0.29, 0.717) is 17.7 Å². The van der Waals surface area contributed by atoms with Crippen LogP contribution in [-0.2, 0) is 32.0 Å². The zero-order valence-electron chi connectivity index (χ0n) is 24.1. The fourth-order valence-electron chi connectivity index (χ4n) is 4.13. The summed E-state index contributed by atoms with van der Waals surface area (Å²) < 4.78 is 0. The smallest absolute Gasteiger partial charge is 0.326 e. The Balaban J connectivity index is 2.15. The van der Waals surface area contributed by atoms with E-state index in [4.69, 9.17) is 17.2 Å². The van der Waals surface area contributed by atoms with Gasteiger partial charge in [0, 0.05) is 13.0 Å². The van der Waals surface area contributed by atoms with Crippen molar-refractivity contribution in [3.8, 4) is 5.75 Å². The van der Waals surface area contributed by atoms with E-state index in [-0.39, 0.29) is 43.9 Å². The molecule has 0 saturated carbocycles. The molecule has 14 heteroatoms. The largest absolute Gasteiger partial charge is 0.508 e. The van der Waals surface area contributed by atoms with Gasteiger partial charge >= 0.3 is 5.97 Å². The molecule has 0 spiro atoms. The van der Waals surface area contributed by atoms with Crippen LogP contribution in [0.25, 0.3) is 0 Å². The summed E-state index contributed by atoms with van der Waals surface area (Å²) >= 11 is 1.47. The molecule has 0 radical (unpaired) electrons. The van der Waals surface area contributed by atoms with Gasteiger partial charge in [-0.1, -0.05) is 42.5 Å². The summed E-state index contributed by atoms with van der Waals surface area (Å²) in [6.07, 6.45) is 2.76. The van der Waals surface area contributed by atoms with Crippen LogP contribution < -0.4 is 33.2 Å². The molecule has 2 aromatic carbocycles. The number of rotatable bonds is 18. The van der Waals surface area contributed by atoms with Crippen LogP contribution in [0.15, 0.2) is 59.6 Å². The van der Waals surface area contributed by atoms with Crippen LogP contribution in [0.2, 0.25) is 0 Å². The second-order valence-electron chi connectivity index (χ2n) is 9.92. The first kappa shape index (κ1) is 34.9. The molecule has 0 saturated heterocycles. The van der Waals surface area contributed by atoms with E-state index in [1.807, 2.05) is 6.26 Å². The number of carboxylic acid groups (broad SMARTS) is 1. The minimum absolute atomic E-state index is 0.0436. The van der Waals surface area contributed by atoms with Gasteiger partial charge in [0.05, 0.1) is 6.04 Å². The predicted molar refractivity (Wildman–Crippen MR) is 166 cm³/mol. The van der Waals surface area contributed by atoms with E-state index in [1.54, 1.807) is 42.5 Å². The third-order valence-corrected chi connectivity index (χ3v) is 7.09. The molecule has 2 rings (SSSR count). The van der Waals surface area contributed by atoms with Gasteiger partial charge in [-0.3, -0.25) is 19.4 Å². The standard InChI is InChI=1S/C29H41N7O6S/c1-43-15-13-23(34-25(38)21(30)16-19-9-11-20(37)12-10-19)27(40)35-22(8-5-14-33-29(31)32)26(39)36-24(28(41)42)17-18-6-3-2-4-7-18/h2-4,6-7,9-12,21-24,37H,5,8,13-17,30H2,1H3,(H,34,38)(H,35,40)(H,36,39)(H,41,42)(H4,31,32,33)/t21-,22-,23+,24-/m1/s1. The number of carbonyl (C=O) groups is 4. The molecule has 0 fully saturated rings. The lowest BCUT2D eigenvalue weighted by atomic mass is 10.0. The summed E-state index contributed by atoms with van der Waals surface area (Å²) in [5, 5.41) is 27.1. The van der Waals surface area contributed by atoms with Crippen LogP contribution in [0.3, 0.4) is 0 Å². The monoisotopic (exact) mass is 615 g/mol. The molecule has 0 aliphatic carbocycles. The number of benzene rings is 2. The summed E-state index contributed by atoms with van der Waals surface area (Å²) in [5.74, 6) is -2.60. The topological polar surface area (TPSA) is 235 Å². The van der Waals surface area contributed by atoms with Crippen molar-refractivity contribution < 1.29 is 29.4 Å². The van der Waals surface area contributed by atoms with Gasteiger partial charge in [-0.15, -0.1) is 0 Å². The fraction of sp³-hybridized carbons (Fsp3) is 0.414. The average Bonchev–Trinajstić information content (AvgIpc) is 2.97. The Bertz CT molecular complexity index is 1230. The molecule has 43 heavy (non-hydrogen) atoms. The van der Waals surface area contributed by atoms with Crippen LogP contribution in [0.5, 0.6) is 5.75 Å². The maximum atomic E-state index is 13.4. The number of nitrogens with one attached hydrogen (secondary N) is 3. The number of phenols is 1. The number of guanidine groups is 1. The first-order valence-electron chi connectivity index (χ1n) is 13.8. The van der Waals surface area contributed by atoms with Crippen molar-refractivity contribution in [2.45, 2.75) is 56.3 Å². The number of hydrogen-bond donors (Lipinski definition) is 8. The molecule has 0 aliphatic heterocycles. The van der Waals surface area contributed by atoms with Gasteiger partial charge < -0.3 is 43.4 Å². The first-order valence-corrected chi connectivity index (χ1v) is 15.1. The first-order chi connectivity index (χ1) is 20.5. The number of nitrogens with two attached hydrogens (primary N) is 3. The van der Waals surface area contributed by atoms with Crippen molar-refractivity contribution in [3.05, 3.63) is 65.7 Å². The van der Waals surface area contributed by atoms with Gasteiger partial charge in [0.15, 0.2) is 5.96 Å². The van der Waals surface area contributed by atoms with E-state index in [2.05, 4.69) is 20.9 Å². The predicted octanol–water partition coefficient (Wildman–Crippen LogP) is -0.150. The second-order valence-corrected chi connectivity index (χ2v) is 10.9. The Hall–Kier alpha value is -4.30. The molecule has 0 unspecified atom stereocenters. The summed E-state index contributed by atoms with van der Waals surface area (Å²) in [5.41, 5.74) is 18.3. The molecule has 3 amide bonds. The molecule has 11 N–H and O–H groups in total. The Kier molecular flexibility index (Phi) is 14.8. The van der Waals surface area contributed by atoms with Crippen LogP contribution in [0.4, 0.5) is 0 Å². The van der Waals surface area contributed by atoms with Gasteiger partial charge in [0.25, 0.3) is 0 Å². The number of thioether (sulfide) groups is 1. The third-order valence-electron chi connectivity index (χ3n) is 6.45. The van der Waals surface area contributed by atoms with E-state index >= 15 is 0 Å². The molecular formula is C29H41N7O6S. The van der Waals surface area contributed by atoms with E-state index in [1.165, 1.54) is 23.9 Å². The van der Waals surface area contributed by atoms with Crippen molar-refractivity contribution in [2.24, 2.45) is 22.2 Å². The summed E-state index contributed by atoms with van der Waals surface area (Å²) in [6, 6.07) is 10.8. The lowest BCUT2D eigenvalue weighted by molar-refractivity contribution is -0.142. The summed E-state index contributed by atoms with van der Waals surface area (Å²) in [6.45, 7) is 0.188. The highest BCUT2D eigenvalue weighted by atomic mass is 32.2. The highest BCUT2D eigenvalue weighted by Gasteiger charge is 2.30. The molecule has 0 bridgehead atoms. The van der Waals surface area contributed by atoms with Gasteiger partial charge in [-0.2, -0.15) is 11.8 Å². The quantitative estimate of drug-likeness (QED) is 0.0627. The molecule has 13 nitrogen and oxygen atoms in total. The van der Waals surface area contributed by atoms with Crippen LogP contribution >= 0.6 is 11.8 Å². The second kappa shape index (κ2) is 18.3. The van der Waals surface area contributed by atoms with Gasteiger partial charge in [0.2, 0.25) is 17.7 Å². The number of nitrogens with zero attached hydrogens (tertiary/aromatic N) is 1. The van der Waals surface area contributed by atoms with Crippen molar-refractivity contribution in [2.75, 3.05) is 18.6 Å². The number of phenolic OH excluding ortho intramolecular Hbond substituents is 1. The van der Waals surface area contributed by atoms with Crippen LogP contribution in [0, 0.1) is 0 Å². The number of carboxylic acids is 1. The number of amides is 3. The van der Waals surface area contributed by atoms with Crippen molar-refractivity contribution in [1.29, 1.82) is 0 Å². The number of aromatic hydroxyl groups is 1. The Morgan fingerprint density at radius 3 is 1.95 bits per heavy atom. The van der Waals surface area contributed by atoms with E-state index in [0.717, 1.165) is 5.56 Å². The number of aliphatic carboxylic acids is 1. The highest BCUT2D eigenvalue weighted by molar-refractivity contribution is 7.98. The van der Waals surface area contributed by atoms with Crippen molar-refractivity contribution >= 4 is 41.4 Å². The summed E-state index contributed by atoms with van der Waals surface area (Å²) in [7, 11) is 0. The maximum absolute atomic E-state index is 13.4.